The summed E-state index contributed by atoms with van der Waals surface area (Å²) in [6.07, 6.45) is 1.75. The summed E-state index contributed by atoms with van der Waals surface area (Å²) in [5.41, 5.74) is 1.92. The highest BCUT2D eigenvalue weighted by atomic mass is 35.5. The van der Waals surface area contributed by atoms with Crippen LogP contribution in [-0.2, 0) is 19.6 Å². The quantitative estimate of drug-likeness (QED) is 0.237. The second-order valence-corrected chi connectivity index (χ2v) is 8.47. The van der Waals surface area contributed by atoms with Crippen molar-refractivity contribution in [1.82, 2.24) is 0 Å². The number of benzene rings is 3. The van der Waals surface area contributed by atoms with Crippen LogP contribution < -0.4 is 9.88 Å². The van der Waals surface area contributed by atoms with E-state index in [1.807, 2.05) is 30.3 Å². The Morgan fingerprint density at radius 3 is 2.16 bits per heavy atom. The first-order valence-electron chi connectivity index (χ1n) is 9.28. The Kier molecular flexibility index (Phi) is 7.46. The lowest BCUT2D eigenvalue weighted by Crippen LogP contribution is -2.14. The Labute approximate surface area is 185 Å². The minimum Gasteiger partial charge on any atom is -0.490 e. The van der Waals surface area contributed by atoms with Gasteiger partial charge in [0.2, 0.25) is 10.0 Å². The number of nitrogens with two attached hydrogens (primary N) is 1. The van der Waals surface area contributed by atoms with Crippen LogP contribution in [0.25, 0.3) is 11.6 Å². The largest absolute Gasteiger partial charge is 0.490 e. The van der Waals surface area contributed by atoms with Crippen molar-refractivity contribution in [3.8, 4) is 5.75 Å². The van der Waals surface area contributed by atoms with Crippen molar-refractivity contribution < 1.29 is 22.7 Å². The molecule has 0 radical (unpaired) electrons. The number of ether oxygens (including phenoxy) is 2. The summed E-state index contributed by atoms with van der Waals surface area (Å²) in [7, 11) is -3.76. The molecule has 0 fully saturated rings. The van der Waals surface area contributed by atoms with Crippen molar-refractivity contribution in [3.63, 3.8) is 0 Å². The fourth-order valence-corrected chi connectivity index (χ4v) is 3.34. The molecule has 3 rings (SSSR count). The third kappa shape index (κ3) is 6.68. The van der Waals surface area contributed by atoms with E-state index < -0.39 is 16.0 Å². The molecule has 0 bridgehead atoms. The molecular formula is C23H20ClNO5S. The van der Waals surface area contributed by atoms with Gasteiger partial charge in [-0.3, -0.25) is 0 Å². The van der Waals surface area contributed by atoms with Crippen LogP contribution in [-0.4, -0.2) is 27.6 Å². The number of carbonyl (C=O) groups excluding carboxylic acids is 1. The minimum absolute atomic E-state index is 0.00932. The second-order valence-electron chi connectivity index (χ2n) is 6.48. The molecule has 3 aromatic rings. The molecule has 0 aliphatic rings. The van der Waals surface area contributed by atoms with Crippen molar-refractivity contribution >= 4 is 39.2 Å². The topological polar surface area (TPSA) is 95.7 Å². The predicted molar refractivity (Wildman–Crippen MR) is 120 cm³/mol. The standard InChI is InChI=1S/C23H20ClNO5S/c24-19-8-6-18(7-9-19)22(16-17-4-2-1-3-5-17)23(26)30-15-14-29-20-10-12-21(13-11-20)31(25,27)28/h1-13,16H,14-15H2,(H2,25,27,28)/b22-16+. The highest BCUT2D eigenvalue weighted by Crippen LogP contribution is 2.22. The first-order valence-corrected chi connectivity index (χ1v) is 11.2. The number of hydrogen-bond acceptors (Lipinski definition) is 5. The van der Waals surface area contributed by atoms with Crippen LogP contribution in [0.3, 0.4) is 0 Å². The van der Waals surface area contributed by atoms with Gasteiger partial charge < -0.3 is 9.47 Å². The van der Waals surface area contributed by atoms with Crippen molar-refractivity contribution in [3.05, 3.63) is 95.0 Å². The average molecular weight is 458 g/mol. The summed E-state index contributed by atoms with van der Waals surface area (Å²) in [6, 6.07) is 22.0. The van der Waals surface area contributed by atoms with Crippen LogP contribution in [0.15, 0.2) is 83.8 Å². The van der Waals surface area contributed by atoms with E-state index in [4.69, 9.17) is 26.2 Å². The lowest BCUT2D eigenvalue weighted by molar-refractivity contribution is -0.137. The first kappa shape index (κ1) is 22.6. The van der Waals surface area contributed by atoms with E-state index >= 15 is 0 Å². The van der Waals surface area contributed by atoms with Crippen LogP contribution >= 0.6 is 11.6 Å². The van der Waals surface area contributed by atoms with Gasteiger partial charge in [-0.1, -0.05) is 54.1 Å². The molecule has 0 heterocycles. The summed E-state index contributed by atoms with van der Waals surface area (Å²) < 4.78 is 33.4. The third-order valence-corrected chi connectivity index (χ3v) is 5.40. The smallest absolute Gasteiger partial charge is 0.338 e. The van der Waals surface area contributed by atoms with Gasteiger partial charge in [0.15, 0.2) is 0 Å². The van der Waals surface area contributed by atoms with Gasteiger partial charge in [-0.25, -0.2) is 18.4 Å². The second kappa shape index (κ2) is 10.3. The molecule has 31 heavy (non-hydrogen) atoms. The number of esters is 1. The molecule has 0 saturated carbocycles. The molecule has 2 N–H and O–H groups in total. The number of carbonyl (C=O) groups is 1. The van der Waals surface area contributed by atoms with Crippen LogP contribution in [0, 0.1) is 0 Å². The highest BCUT2D eigenvalue weighted by Gasteiger charge is 2.14. The number of hydrogen-bond donors (Lipinski definition) is 1. The van der Waals surface area contributed by atoms with Gasteiger partial charge >= 0.3 is 5.97 Å². The van der Waals surface area contributed by atoms with Crippen LogP contribution in [0.2, 0.25) is 5.02 Å². The third-order valence-electron chi connectivity index (χ3n) is 4.22. The van der Waals surface area contributed by atoms with Gasteiger partial charge in [-0.2, -0.15) is 0 Å². The molecule has 0 aromatic heterocycles. The zero-order valence-corrected chi connectivity index (χ0v) is 18.0. The van der Waals surface area contributed by atoms with E-state index in [1.165, 1.54) is 24.3 Å². The lowest BCUT2D eigenvalue weighted by Gasteiger charge is -2.11. The molecule has 0 saturated heterocycles. The van der Waals surface area contributed by atoms with E-state index in [-0.39, 0.29) is 18.1 Å². The van der Waals surface area contributed by atoms with Gasteiger partial charge in [0.05, 0.1) is 10.5 Å². The van der Waals surface area contributed by atoms with Gasteiger partial charge in [-0.05, 0) is 53.6 Å². The monoisotopic (exact) mass is 457 g/mol. The lowest BCUT2D eigenvalue weighted by atomic mass is 10.0. The Bertz CT molecular complexity index is 1160. The maximum Gasteiger partial charge on any atom is 0.338 e. The van der Waals surface area contributed by atoms with Gasteiger partial charge in [0, 0.05) is 5.02 Å². The SMILES string of the molecule is NS(=O)(=O)c1ccc(OCCOC(=O)/C(=C/c2ccccc2)c2ccc(Cl)cc2)cc1. The fourth-order valence-electron chi connectivity index (χ4n) is 2.70. The number of rotatable bonds is 8. The van der Waals surface area contributed by atoms with Crippen molar-refractivity contribution in [1.29, 1.82) is 0 Å². The molecule has 0 aliphatic heterocycles. The minimum atomic E-state index is -3.76. The van der Waals surface area contributed by atoms with Crippen molar-refractivity contribution in [2.75, 3.05) is 13.2 Å². The molecule has 0 spiro atoms. The predicted octanol–water partition coefficient (Wildman–Crippen LogP) is 4.15. The number of halogens is 1. The number of primary sulfonamides is 1. The van der Waals surface area contributed by atoms with Gasteiger partial charge in [0.1, 0.15) is 19.0 Å². The Balaban J connectivity index is 1.64. The maximum atomic E-state index is 12.7. The van der Waals surface area contributed by atoms with Crippen molar-refractivity contribution in [2.45, 2.75) is 4.90 Å². The van der Waals surface area contributed by atoms with E-state index in [2.05, 4.69) is 0 Å². The number of sulfonamides is 1. The summed E-state index contributed by atoms with van der Waals surface area (Å²) in [6.45, 7) is 0.106. The molecule has 0 unspecified atom stereocenters. The van der Waals surface area contributed by atoms with Crippen LogP contribution in [0.1, 0.15) is 11.1 Å². The molecule has 6 nitrogen and oxygen atoms in total. The molecular weight excluding hydrogens is 438 g/mol. The normalized spacial score (nSPS) is 11.7. The zero-order chi connectivity index (χ0) is 22.3. The van der Waals surface area contributed by atoms with E-state index in [0.717, 1.165) is 5.56 Å². The molecule has 160 valence electrons. The molecule has 0 amide bonds. The zero-order valence-electron chi connectivity index (χ0n) is 16.4. The molecule has 0 aliphatic carbocycles. The average Bonchev–Trinajstić information content (AvgIpc) is 2.76. The van der Waals surface area contributed by atoms with E-state index in [0.29, 0.717) is 21.9 Å². The summed E-state index contributed by atoms with van der Waals surface area (Å²) in [4.78, 5) is 12.7. The highest BCUT2D eigenvalue weighted by molar-refractivity contribution is 7.89. The van der Waals surface area contributed by atoms with Gasteiger partial charge in [-0.15, -0.1) is 0 Å². The van der Waals surface area contributed by atoms with E-state index in [1.54, 1.807) is 30.3 Å². The van der Waals surface area contributed by atoms with Crippen LogP contribution in [0.5, 0.6) is 5.75 Å². The maximum absolute atomic E-state index is 12.7. The fraction of sp³-hybridized carbons (Fsp3) is 0.0870. The Morgan fingerprint density at radius 2 is 1.55 bits per heavy atom. The molecule has 0 atom stereocenters. The first-order chi connectivity index (χ1) is 14.8. The summed E-state index contributed by atoms with van der Waals surface area (Å²) in [5.74, 6) is -0.0689. The van der Waals surface area contributed by atoms with Crippen molar-refractivity contribution in [2.24, 2.45) is 5.14 Å². The summed E-state index contributed by atoms with van der Waals surface area (Å²) in [5, 5.41) is 5.63. The van der Waals surface area contributed by atoms with Crippen LogP contribution in [0.4, 0.5) is 0 Å². The Hall–Kier alpha value is -3.13. The van der Waals surface area contributed by atoms with Gasteiger partial charge in [0.25, 0.3) is 0 Å². The molecule has 3 aromatic carbocycles. The Morgan fingerprint density at radius 1 is 0.903 bits per heavy atom. The van der Waals surface area contributed by atoms with E-state index in [9.17, 15) is 13.2 Å². The molecule has 8 heteroatoms. The summed E-state index contributed by atoms with van der Waals surface area (Å²) >= 11 is 5.96.